The Morgan fingerprint density at radius 3 is 1.13 bits per heavy atom. The maximum Gasteiger partial charge on any atom is 0.0819 e. The molecule has 16 aromatic carbocycles. The molecular formula is C108H64N2S2. The van der Waals surface area contributed by atoms with Crippen LogP contribution >= 0.6 is 22.7 Å². The van der Waals surface area contributed by atoms with E-state index in [1.165, 1.54) is 152 Å². The molecule has 0 N–H and O–H groups in total. The fourth-order valence-electron chi connectivity index (χ4n) is 19.6. The smallest absolute Gasteiger partial charge is 0.0819 e. The molecule has 24 rings (SSSR count). The van der Waals surface area contributed by atoms with Crippen LogP contribution in [0.3, 0.4) is 0 Å². The third-order valence-corrected chi connectivity index (χ3v) is 27.2. The van der Waals surface area contributed by atoms with Gasteiger partial charge in [-0.25, -0.2) is 9.97 Å². The molecule has 0 aliphatic heterocycles. The molecule has 112 heavy (non-hydrogen) atoms. The van der Waals surface area contributed by atoms with Crippen molar-refractivity contribution in [2.45, 2.75) is 10.8 Å². The molecule has 2 spiro atoms. The summed E-state index contributed by atoms with van der Waals surface area (Å²) in [7, 11) is 0. The Kier molecular flexibility index (Phi) is 13.8. The molecule has 4 aromatic heterocycles. The molecule has 4 aliphatic carbocycles. The van der Waals surface area contributed by atoms with E-state index in [4.69, 9.17) is 9.97 Å². The van der Waals surface area contributed by atoms with Crippen molar-refractivity contribution in [1.29, 1.82) is 0 Å². The SMILES string of the molecule is c1ccc(-c2cc(-c3cccc(-c4ccc5c(c4)C4(c6ccccc6-c6ccccc64)c4sc6ccc(-c7cccc(-c8cc(-c9ccc(-c%10ccc%11c(c%10)-c%10c(sc%12ccccc%10%12)C%11%10c%11ccccc%11-c%11ccccc%11%10)cc9)cc(-c9ccc%10ccccc%10c9)n8)c7)cc6c4-5)c3)cc(-c3ccc4ccccc4c3)n2)cc1. The maximum atomic E-state index is 5.61. The Morgan fingerprint density at radius 2 is 0.545 bits per heavy atom. The van der Waals surface area contributed by atoms with Crippen molar-refractivity contribution in [2.24, 2.45) is 0 Å². The van der Waals surface area contributed by atoms with Gasteiger partial charge in [0.2, 0.25) is 0 Å². The van der Waals surface area contributed by atoms with Gasteiger partial charge in [0.05, 0.1) is 33.6 Å². The maximum absolute atomic E-state index is 5.61. The summed E-state index contributed by atoms with van der Waals surface area (Å²) in [6.07, 6.45) is 0. The highest BCUT2D eigenvalue weighted by molar-refractivity contribution is 7.20. The van der Waals surface area contributed by atoms with Crippen LogP contribution in [0.15, 0.2) is 388 Å². The normalized spacial score (nSPS) is 13.3. The van der Waals surface area contributed by atoms with E-state index in [-0.39, 0.29) is 5.41 Å². The fourth-order valence-corrected chi connectivity index (χ4v) is 22.4. The second-order valence-electron chi connectivity index (χ2n) is 30.5. The Bertz CT molecular complexity index is 7300. The number of hydrogen-bond donors (Lipinski definition) is 0. The van der Waals surface area contributed by atoms with Crippen LogP contribution in [-0.2, 0) is 10.8 Å². The monoisotopic (exact) mass is 1450 g/mol. The van der Waals surface area contributed by atoms with E-state index < -0.39 is 5.41 Å². The third kappa shape index (κ3) is 9.31. The molecule has 0 atom stereocenters. The summed E-state index contributed by atoms with van der Waals surface area (Å²) in [5.41, 5.74) is 37.3. The van der Waals surface area contributed by atoms with Gasteiger partial charge in [0, 0.05) is 63.3 Å². The zero-order valence-corrected chi connectivity index (χ0v) is 62.3. The van der Waals surface area contributed by atoms with Gasteiger partial charge in [-0.2, -0.15) is 0 Å². The molecule has 0 bridgehead atoms. The molecule has 4 aliphatic rings. The van der Waals surface area contributed by atoms with Crippen LogP contribution in [0.1, 0.15) is 43.1 Å². The van der Waals surface area contributed by atoms with Gasteiger partial charge in [-0.1, -0.05) is 309 Å². The average molecular weight is 1450 g/mol. The molecule has 0 saturated carbocycles. The van der Waals surface area contributed by atoms with Crippen LogP contribution in [0.4, 0.5) is 0 Å². The van der Waals surface area contributed by atoms with Gasteiger partial charge >= 0.3 is 0 Å². The molecular weight excluding hydrogens is 1390 g/mol. The van der Waals surface area contributed by atoms with Gasteiger partial charge in [0.1, 0.15) is 0 Å². The summed E-state index contributed by atoms with van der Waals surface area (Å²) in [6.45, 7) is 0. The Balaban J connectivity index is 0.610. The highest BCUT2D eigenvalue weighted by Gasteiger charge is 2.55. The molecule has 0 fully saturated rings. The predicted octanol–water partition coefficient (Wildman–Crippen LogP) is 28.9. The van der Waals surface area contributed by atoms with Gasteiger partial charge in [0.25, 0.3) is 0 Å². The van der Waals surface area contributed by atoms with Gasteiger partial charge in [-0.05, 0) is 223 Å². The number of thiophene rings is 2. The molecule has 0 saturated heterocycles. The zero-order valence-electron chi connectivity index (χ0n) is 60.7. The van der Waals surface area contributed by atoms with E-state index in [1.54, 1.807) is 0 Å². The summed E-state index contributed by atoms with van der Waals surface area (Å²) in [4.78, 5) is 13.8. The van der Waals surface area contributed by atoms with Crippen LogP contribution in [0.25, 0.3) is 187 Å². The van der Waals surface area contributed by atoms with Crippen molar-refractivity contribution in [1.82, 2.24) is 9.97 Å². The number of pyridine rings is 2. The lowest BCUT2D eigenvalue weighted by molar-refractivity contribution is 0.812. The van der Waals surface area contributed by atoms with Crippen molar-refractivity contribution >= 4 is 64.4 Å². The Morgan fingerprint density at radius 1 is 0.179 bits per heavy atom. The molecule has 0 unspecified atom stereocenters. The van der Waals surface area contributed by atoms with Crippen molar-refractivity contribution in [3.05, 3.63) is 431 Å². The van der Waals surface area contributed by atoms with Crippen molar-refractivity contribution in [2.75, 3.05) is 0 Å². The zero-order chi connectivity index (χ0) is 73.3. The predicted molar refractivity (Wildman–Crippen MR) is 469 cm³/mol. The molecule has 4 heteroatoms. The van der Waals surface area contributed by atoms with E-state index in [9.17, 15) is 0 Å². The van der Waals surface area contributed by atoms with E-state index >= 15 is 0 Å². The first-order valence-corrected chi connectivity index (χ1v) is 40.3. The average Bonchev–Trinajstić information content (AvgIpc) is 1.50. The lowest BCUT2D eigenvalue weighted by atomic mass is 9.73. The summed E-state index contributed by atoms with van der Waals surface area (Å²) < 4.78 is 2.61. The molecule has 0 radical (unpaired) electrons. The van der Waals surface area contributed by atoms with Crippen LogP contribution < -0.4 is 0 Å². The van der Waals surface area contributed by atoms with Crippen LogP contribution in [-0.4, -0.2) is 9.97 Å². The first-order chi connectivity index (χ1) is 55.4. The number of benzene rings is 16. The fraction of sp³-hybridized carbons (Fsp3) is 0.0185. The lowest BCUT2D eigenvalue weighted by Crippen LogP contribution is -2.24. The first-order valence-electron chi connectivity index (χ1n) is 38.6. The second-order valence-corrected chi connectivity index (χ2v) is 32.6. The molecule has 4 heterocycles. The number of rotatable bonds is 9. The van der Waals surface area contributed by atoms with Crippen LogP contribution in [0.5, 0.6) is 0 Å². The molecule has 0 amide bonds. The number of aromatic nitrogens is 2. The summed E-state index contributed by atoms with van der Waals surface area (Å²) in [6, 6.07) is 145. The highest BCUT2D eigenvalue weighted by Crippen LogP contribution is 2.68. The van der Waals surface area contributed by atoms with E-state index in [0.717, 1.165) is 78.4 Å². The standard InChI is InChI=1S/C108H64N2S2/c1-2-22-69(23-3-1)97-63-82(64-100(109-97)80-47-45-66-21-5-7-25-71(66)56-80)74-28-18-26-72(54-74)77-48-51-87-96(60-77)108(93-37-15-10-32-85(93)86-33-11-16-38-94(86)108)105-103(87)90-59-76(50-53-102(90)112-105)73-27-19-29-78(57-73)98-61-81(62-99(110-98)79-46-44-65-20-4-6-24-70(65)55-79)68-42-40-67(41-43-68)75-49-52-95-89(58-75)104-88-34-12-17-39-101(88)111-106(104)107(95)91-35-13-8-30-83(91)84-31-9-14-36-92(84)107/h1-64H. The van der Waals surface area contributed by atoms with Crippen molar-refractivity contribution in [3.63, 3.8) is 0 Å². The second kappa shape index (κ2) is 24.4. The summed E-state index contributed by atoms with van der Waals surface area (Å²) in [5.74, 6) is 0. The largest absolute Gasteiger partial charge is 0.248 e. The minimum atomic E-state index is -0.536. The lowest BCUT2D eigenvalue weighted by Gasteiger charge is -2.29. The van der Waals surface area contributed by atoms with Gasteiger partial charge in [-0.15, -0.1) is 22.7 Å². The summed E-state index contributed by atoms with van der Waals surface area (Å²) in [5, 5.41) is 7.40. The molecule has 518 valence electrons. The van der Waals surface area contributed by atoms with E-state index in [2.05, 4.69) is 388 Å². The topological polar surface area (TPSA) is 25.8 Å². The minimum Gasteiger partial charge on any atom is -0.248 e. The third-order valence-electron chi connectivity index (χ3n) is 24.6. The van der Waals surface area contributed by atoms with E-state index in [1.807, 2.05) is 22.7 Å². The highest BCUT2D eigenvalue weighted by atomic mass is 32.1. The van der Waals surface area contributed by atoms with E-state index in [0.29, 0.717) is 0 Å². The van der Waals surface area contributed by atoms with Crippen molar-refractivity contribution in [3.8, 4) is 145 Å². The van der Waals surface area contributed by atoms with Crippen LogP contribution in [0.2, 0.25) is 0 Å². The van der Waals surface area contributed by atoms with Gasteiger partial charge in [0.15, 0.2) is 0 Å². The van der Waals surface area contributed by atoms with Gasteiger partial charge < -0.3 is 0 Å². The summed E-state index contributed by atoms with van der Waals surface area (Å²) >= 11 is 3.92. The van der Waals surface area contributed by atoms with Crippen LogP contribution in [0, 0.1) is 0 Å². The molecule has 20 aromatic rings. The number of fused-ring (bicyclic) bond motifs is 26. The minimum absolute atomic E-state index is 0.386. The Labute approximate surface area is 656 Å². The number of hydrogen-bond acceptors (Lipinski definition) is 4. The Hall–Kier alpha value is -13.7. The molecule has 2 nitrogen and oxygen atoms in total. The number of nitrogens with zero attached hydrogens (tertiary/aromatic N) is 2. The van der Waals surface area contributed by atoms with Crippen molar-refractivity contribution < 1.29 is 0 Å². The van der Waals surface area contributed by atoms with Gasteiger partial charge in [-0.3, -0.25) is 0 Å². The quantitative estimate of drug-likeness (QED) is 0.144. The first kappa shape index (κ1) is 63.2.